The molecule has 2 N–H and O–H groups in total. The number of carbonyl (C=O) groups excluding carboxylic acids is 1. The van der Waals surface area contributed by atoms with Gasteiger partial charge in [-0.15, -0.1) is 0 Å². The first-order valence-corrected chi connectivity index (χ1v) is 5.94. The number of rotatable bonds is 3. The number of hydrogen-bond acceptors (Lipinski definition) is 5. The summed E-state index contributed by atoms with van der Waals surface area (Å²) in [5.74, 6) is -0.308. The molecule has 0 fully saturated rings. The van der Waals surface area contributed by atoms with Gasteiger partial charge in [0.05, 0.1) is 19.7 Å². The summed E-state index contributed by atoms with van der Waals surface area (Å²) >= 11 is 6.01. The Bertz CT molecular complexity index is 643. The molecule has 1 aromatic carbocycles. The van der Waals surface area contributed by atoms with Crippen LogP contribution in [0.15, 0.2) is 18.2 Å². The monoisotopic (exact) mass is 280 g/mol. The Morgan fingerprint density at radius 3 is 2.68 bits per heavy atom. The Kier molecular flexibility index (Phi) is 3.87. The molecule has 0 saturated carbocycles. The van der Waals surface area contributed by atoms with Crippen LogP contribution in [0.4, 0.5) is 0 Å². The van der Waals surface area contributed by atoms with Crippen molar-refractivity contribution in [1.82, 2.24) is 4.98 Å². The van der Waals surface area contributed by atoms with E-state index in [1.807, 2.05) is 0 Å². The Morgan fingerprint density at radius 2 is 2.11 bits per heavy atom. The van der Waals surface area contributed by atoms with Gasteiger partial charge in [0.15, 0.2) is 0 Å². The lowest BCUT2D eigenvalue weighted by molar-refractivity contribution is 0.0596. The van der Waals surface area contributed by atoms with E-state index in [0.29, 0.717) is 22.5 Å². The smallest absolute Gasteiger partial charge is 0.343 e. The largest absolute Gasteiger partial charge is 0.480 e. The average Bonchev–Trinajstić information content (AvgIpc) is 2.43. The van der Waals surface area contributed by atoms with Crippen molar-refractivity contribution in [3.63, 3.8) is 0 Å². The number of benzene rings is 1. The van der Waals surface area contributed by atoms with Crippen LogP contribution in [0.5, 0.6) is 5.88 Å². The number of methoxy groups -OCH3 is 2. The van der Waals surface area contributed by atoms with Crippen LogP contribution in [0, 0.1) is 0 Å². The molecule has 0 aliphatic heterocycles. The van der Waals surface area contributed by atoms with Gasteiger partial charge in [-0.3, -0.25) is 0 Å². The lowest BCUT2D eigenvalue weighted by Gasteiger charge is -2.10. The maximum absolute atomic E-state index is 11.7. The van der Waals surface area contributed by atoms with Crippen LogP contribution >= 0.6 is 11.6 Å². The third-order valence-electron chi connectivity index (χ3n) is 2.75. The second kappa shape index (κ2) is 5.42. The van der Waals surface area contributed by atoms with E-state index in [1.54, 1.807) is 18.2 Å². The third-order valence-corrected chi connectivity index (χ3v) is 2.96. The minimum atomic E-state index is -0.513. The minimum Gasteiger partial charge on any atom is -0.480 e. The molecule has 0 bridgehead atoms. The summed E-state index contributed by atoms with van der Waals surface area (Å²) in [5, 5.41) is 1.25. The van der Waals surface area contributed by atoms with Gasteiger partial charge in [-0.2, -0.15) is 0 Å². The molecule has 5 nitrogen and oxygen atoms in total. The van der Waals surface area contributed by atoms with E-state index < -0.39 is 5.97 Å². The number of carbonyl (C=O) groups is 1. The molecule has 0 unspecified atom stereocenters. The number of nitrogens with zero attached hydrogens (tertiary/aromatic N) is 1. The summed E-state index contributed by atoms with van der Waals surface area (Å²) in [6, 6.07) is 5.10. The Hall–Kier alpha value is -1.85. The van der Waals surface area contributed by atoms with E-state index in [-0.39, 0.29) is 11.4 Å². The molecular weight excluding hydrogens is 268 g/mol. The highest BCUT2D eigenvalue weighted by Crippen LogP contribution is 2.28. The summed E-state index contributed by atoms with van der Waals surface area (Å²) in [6.45, 7) is 0.296. The van der Waals surface area contributed by atoms with Gasteiger partial charge in [0.25, 0.3) is 0 Å². The van der Waals surface area contributed by atoms with Crippen LogP contribution in [0.1, 0.15) is 15.9 Å². The van der Waals surface area contributed by atoms with Gasteiger partial charge in [0, 0.05) is 17.0 Å². The maximum atomic E-state index is 11.7. The van der Waals surface area contributed by atoms with Gasteiger partial charge in [-0.25, -0.2) is 9.78 Å². The van der Waals surface area contributed by atoms with Crippen molar-refractivity contribution >= 4 is 28.5 Å². The molecule has 0 atom stereocenters. The summed E-state index contributed by atoms with van der Waals surface area (Å²) in [4.78, 5) is 16.0. The maximum Gasteiger partial charge on any atom is 0.343 e. The number of esters is 1. The second-order valence-electron chi connectivity index (χ2n) is 3.88. The fourth-order valence-corrected chi connectivity index (χ4v) is 2.12. The zero-order valence-corrected chi connectivity index (χ0v) is 11.3. The van der Waals surface area contributed by atoms with Gasteiger partial charge < -0.3 is 15.2 Å². The van der Waals surface area contributed by atoms with Gasteiger partial charge >= 0.3 is 5.97 Å². The molecule has 6 heteroatoms. The molecule has 0 amide bonds. The highest BCUT2D eigenvalue weighted by atomic mass is 35.5. The van der Waals surface area contributed by atoms with Crippen molar-refractivity contribution in [3.05, 3.63) is 34.3 Å². The second-order valence-corrected chi connectivity index (χ2v) is 4.31. The molecule has 0 radical (unpaired) electrons. The Labute approximate surface area is 115 Å². The number of hydrogen-bond donors (Lipinski definition) is 1. The molecular formula is C13H13ClN2O3. The van der Waals surface area contributed by atoms with Crippen molar-refractivity contribution in [2.75, 3.05) is 14.2 Å². The lowest BCUT2D eigenvalue weighted by atomic mass is 10.1. The van der Waals surface area contributed by atoms with Crippen molar-refractivity contribution in [2.24, 2.45) is 5.73 Å². The molecule has 2 aromatic rings. The fourth-order valence-electron chi connectivity index (χ4n) is 1.87. The van der Waals surface area contributed by atoms with Gasteiger partial charge in [-0.1, -0.05) is 11.6 Å². The van der Waals surface area contributed by atoms with Gasteiger partial charge in [0.1, 0.15) is 5.56 Å². The number of aromatic nitrogens is 1. The molecule has 2 rings (SSSR count). The molecule has 100 valence electrons. The van der Waals surface area contributed by atoms with Crippen molar-refractivity contribution in [1.29, 1.82) is 0 Å². The van der Waals surface area contributed by atoms with Crippen LogP contribution in [0.25, 0.3) is 10.9 Å². The molecule has 1 aromatic heterocycles. The van der Waals surface area contributed by atoms with E-state index in [1.165, 1.54) is 14.2 Å². The minimum absolute atomic E-state index is 0.205. The van der Waals surface area contributed by atoms with E-state index in [4.69, 9.17) is 26.8 Å². The number of pyridine rings is 1. The molecule has 0 saturated heterocycles. The molecule has 0 aliphatic rings. The first-order chi connectivity index (χ1) is 9.10. The molecule has 0 spiro atoms. The summed E-state index contributed by atoms with van der Waals surface area (Å²) < 4.78 is 9.82. The normalized spacial score (nSPS) is 10.5. The van der Waals surface area contributed by atoms with Crippen LogP contribution in [-0.2, 0) is 11.3 Å². The fraction of sp³-hybridized carbons (Fsp3) is 0.231. The van der Waals surface area contributed by atoms with Crippen molar-refractivity contribution in [3.8, 4) is 5.88 Å². The molecule has 0 aliphatic carbocycles. The predicted molar refractivity (Wildman–Crippen MR) is 72.5 cm³/mol. The highest BCUT2D eigenvalue weighted by molar-refractivity contribution is 6.31. The predicted octanol–water partition coefficient (Wildman–Crippen LogP) is 2.14. The number of ether oxygens (including phenoxy) is 2. The third kappa shape index (κ3) is 2.47. The van der Waals surface area contributed by atoms with Crippen LogP contribution < -0.4 is 10.5 Å². The Morgan fingerprint density at radius 1 is 1.37 bits per heavy atom. The van der Waals surface area contributed by atoms with Gasteiger partial charge in [-0.05, 0) is 23.8 Å². The topological polar surface area (TPSA) is 74.4 Å². The first kappa shape index (κ1) is 13.6. The average molecular weight is 281 g/mol. The van der Waals surface area contributed by atoms with E-state index in [9.17, 15) is 4.79 Å². The molecule has 1 heterocycles. The number of fused-ring (bicyclic) bond motifs is 1. The number of nitrogens with two attached hydrogens (primary N) is 1. The first-order valence-electron chi connectivity index (χ1n) is 5.56. The van der Waals surface area contributed by atoms with E-state index in [0.717, 1.165) is 5.56 Å². The van der Waals surface area contributed by atoms with E-state index in [2.05, 4.69) is 4.98 Å². The van der Waals surface area contributed by atoms with Crippen molar-refractivity contribution in [2.45, 2.75) is 6.54 Å². The SMILES string of the molecule is COC(=O)c1cc2cc(Cl)cc(CN)c2nc1OC. The lowest BCUT2D eigenvalue weighted by Crippen LogP contribution is -2.07. The van der Waals surface area contributed by atoms with Crippen LogP contribution in [0.2, 0.25) is 5.02 Å². The van der Waals surface area contributed by atoms with Gasteiger partial charge in [0.2, 0.25) is 5.88 Å². The summed E-state index contributed by atoms with van der Waals surface area (Å²) in [5.41, 5.74) is 7.37. The van der Waals surface area contributed by atoms with E-state index >= 15 is 0 Å². The van der Waals surface area contributed by atoms with Crippen molar-refractivity contribution < 1.29 is 14.3 Å². The highest BCUT2D eigenvalue weighted by Gasteiger charge is 2.17. The van der Waals surface area contributed by atoms with Crippen LogP contribution in [0.3, 0.4) is 0 Å². The Balaban J connectivity index is 2.77. The zero-order chi connectivity index (χ0) is 14.0. The quantitative estimate of drug-likeness (QED) is 0.872. The standard InChI is InChI=1S/C13H13ClN2O3/c1-18-12-10(13(17)19-2)5-7-3-9(14)4-8(6-15)11(7)16-12/h3-5H,6,15H2,1-2H3. The summed E-state index contributed by atoms with van der Waals surface area (Å²) in [7, 11) is 2.74. The summed E-state index contributed by atoms with van der Waals surface area (Å²) in [6.07, 6.45) is 0. The van der Waals surface area contributed by atoms with Crippen LogP contribution in [-0.4, -0.2) is 25.2 Å². The number of halogens is 1. The molecule has 19 heavy (non-hydrogen) atoms. The zero-order valence-electron chi connectivity index (χ0n) is 10.6.